The van der Waals surface area contributed by atoms with Crippen LogP contribution in [0.15, 0.2) is 4.52 Å². The molecule has 3 heterocycles. The van der Waals surface area contributed by atoms with Crippen LogP contribution in [0.5, 0.6) is 0 Å². The van der Waals surface area contributed by atoms with Crippen molar-refractivity contribution in [2.24, 2.45) is 0 Å². The summed E-state index contributed by atoms with van der Waals surface area (Å²) in [6, 6.07) is 0.294. The van der Waals surface area contributed by atoms with Crippen LogP contribution in [0.25, 0.3) is 0 Å². The van der Waals surface area contributed by atoms with E-state index < -0.39 is 0 Å². The van der Waals surface area contributed by atoms with E-state index in [1.54, 1.807) is 0 Å². The van der Waals surface area contributed by atoms with Gasteiger partial charge in [-0.15, -0.1) is 11.8 Å². The van der Waals surface area contributed by atoms with E-state index in [1.807, 2.05) is 23.5 Å². The highest BCUT2D eigenvalue weighted by Crippen LogP contribution is 2.35. The van der Waals surface area contributed by atoms with Gasteiger partial charge in [0, 0.05) is 17.3 Å². The molecular weight excluding hydrogens is 242 g/mol. The van der Waals surface area contributed by atoms with Gasteiger partial charge in [-0.2, -0.15) is 16.7 Å². The fourth-order valence-corrected chi connectivity index (χ4v) is 4.64. The average Bonchev–Trinajstić information content (AvgIpc) is 3.01. The van der Waals surface area contributed by atoms with E-state index in [9.17, 15) is 0 Å². The molecule has 0 radical (unpaired) electrons. The molecule has 3 rings (SSSR count). The van der Waals surface area contributed by atoms with Gasteiger partial charge in [0.1, 0.15) is 0 Å². The van der Waals surface area contributed by atoms with Gasteiger partial charge in [0.25, 0.3) is 0 Å². The third kappa shape index (κ3) is 2.24. The molecule has 0 bridgehead atoms. The fraction of sp³-hybridized carbons (Fsp3) is 0.800. The summed E-state index contributed by atoms with van der Waals surface area (Å²) in [5, 5.41) is 7.93. The molecule has 1 N–H and O–H groups in total. The number of hydrogen-bond donors (Lipinski definition) is 1. The Bertz CT molecular complexity index is 346. The summed E-state index contributed by atoms with van der Waals surface area (Å²) in [6.07, 6.45) is 2.32. The van der Waals surface area contributed by atoms with Crippen molar-refractivity contribution in [2.45, 2.75) is 24.1 Å². The Morgan fingerprint density at radius 2 is 2.38 bits per heavy atom. The summed E-state index contributed by atoms with van der Waals surface area (Å²) in [5.74, 6) is 5.23. The molecule has 16 heavy (non-hydrogen) atoms. The second-order valence-electron chi connectivity index (χ2n) is 4.07. The number of nitrogens with one attached hydrogen (secondary N) is 1. The highest BCUT2D eigenvalue weighted by Gasteiger charge is 2.26. The van der Waals surface area contributed by atoms with Crippen LogP contribution in [-0.4, -0.2) is 33.9 Å². The smallest absolute Gasteiger partial charge is 0.243 e. The van der Waals surface area contributed by atoms with Gasteiger partial charge in [0.15, 0.2) is 5.82 Å². The molecule has 0 saturated carbocycles. The molecule has 0 aliphatic carbocycles. The molecule has 2 aliphatic rings. The molecule has 2 aliphatic heterocycles. The third-order valence-electron chi connectivity index (χ3n) is 2.92. The molecule has 0 amide bonds. The molecule has 2 atom stereocenters. The zero-order valence-corrected chi connectivity index (χ0v) is 10.6. The second kappa shape index (κ2) is 4.98. The van der Waals surface area contributed by atoms with Crippen molar-refractivity contribution in [2.75, 3.05) is 23.8 Å². The van der Waals surface area contributed by atoms with E-state index in [4.69, 9.17) is 4.52 Å². The van der Waals surface area contributed by atoms with E-state index in [2.05, 4.69) is 15.5 Å². The highest BCUT2D eigenvalue weighted by atomic mass is 32.2. The van der Waals surface area contributed by atoms with Crippen LogP contribution in [0, 0.1) is 0 Å². The van der Waals surface area contributed by atoms with Gasteiger partial charge in [-0.05, 0) is 19.4 Å². The van der Waals surface area contributed by atoms with Gasteiger partial charge in [-0.1, -0.05) is 5.16 Å². The van der Waals surface area contributed by atoms with Crippen LogP contribution in [-0.2, 0) is 0 Å². The average molecular weight is 257 g/mol. The van der Waals surface area contributed by atoms with Crippen LogP contribution in [0.2, 0.25) is 0 Å². The van der Waals surface area contributed by atoms with Gasteiger partial charge < -0.3 is 9.84 Å². The maximum atomic E-state index is 5.36. The van der Waals surface area contributed by atoms with Crippen molar-refractivity contribution in [3.63, 3.8) is 0 Å². The minimum absolute atomic E-state index is 0.294. The predicted octanol–water partition coefficient (Wildman–Crippen LogP) is 2.02. The Kier molecular flexibility index (Phi) is 3.40. The van der Waals surface area contributed by atoms with Crippen LogP contribution >= 0.6 is 23.5 Å². The maximum absolute atomic E-state index is 5.36. The summed E-state index contributed by atoms with van der Waals surface area (Å²) in [7, 11) is 0. The standard InChI is InChI=1S/C10H15N3OS2/c1-2-7(11-3-1)10-12-9(13-14-10)8-6-15-4-5-16-8/h7-8,11H,1-6H2/t7-,8?/m0/s1. The van der Waals surface area contributed by atoms with Crippen molar-refractivity contribution < 1.29 is 4.52 Å². The normalized spacial score (nSPS) is 30.8. The Labute approximate surface area is 103 Å². The van der Waals surface area contributed by atoms with Crippen LogP contribution < -0.4 is 5.32 Å². The molecule has 2 saturated heterocycles. The molecule has 1 aromatic rings. The molecule has 2 fully saturated rings. The largest absolute Gasteiger partial charge is 0.338 e. The summed E-state index contributed by atoms with van der Waals surface area (Å²) >= 11 is 3.93. The lowest BCUT2D eigenvalue weighted by Gasteiger charge is -2.17. The van der Waals surface area contributed by atoms with Crippen molar-refractivity contribution in [1.82, 2.24) is 15.5 Å². The first kappa shape index (κ1) is 10.9. The zero-order chi connectivity index (χ0) is 10.8. The summed E-state index contributed by atoms with van der Waals surface area (Å²) in [4.78, 5) is 4.54. The van der Waals surface area contributed by atoms with E-state index in [1.165, 1.54) is 17.9 Å². The van der Waals surface area contributed by atoms with Crippen molar-refractivity contribution in [3.8, 4) is 0 Å². The zero-order valence-electron chi connectivity index (χ0n) is 9.02. The molecule has 1 unspecified atom stereocenters. The molecule has 1 aromatic heterocycles. The monoisotopic (exact) mass is 257 g/mol. The molecule has 88 valence electrons. The summed E-state index contributed by atoms with van der Waals surface area (Å²) < 4.78 is 5.36. The molecule has 4 nitrogen and oxygen atoms in total. The van der Waals surface area contributed by atoms with E-state index >= 15 is 0 Å². The lowest BCUT2D eigenvalue weighted by molar-refractivity contribution is 0.341. The maximum Gasteiger partial charge on any atom is 0.243 e. The topological polar surface area (TPSA) is 51.0 Å². The van der Waals surface area contributed by atoms with Gasteiger partial charge in [-0.3, -0.25) is 0 Å². The highest BCUT2D eigenvalue weighted by molar-refractivity contribution is 8.06. The van der Waals surface area contributed by atoms with Gasteiger partial charge in [0.05, 0.1) is 11.3 Å². The van der Waals surface area contributed by atoms with Crippen molar-refractivity contribution in [3.05, 3.63) is 11.7 Å². The minimum atomic E-state index is 0.294. The minimum Gasteiger partial charge on any atom is -0.338 e. The van der Waals surface area contributed by atoms with Crippen molar-refractivity contribution in [1.29, 1.82) is 0 Å². The molecular formula is C10H15N3OS2. The first-order valence-electron chi connectivity index (χ1n) is 5.70. The molecule has 0 spiro atoms. The Hall–Kier alpha value is -0.200. The first-order chi connectivity index (χ1) is 7.93. The number of hydrogen-bond acceptors (Lipinski definition) is 6. The predicted molar refractivity (Wildman–Crippen MR) is 66.8 cm³/mol. The van der Waals surface area contributed by atoms with Crippen LogP contribution in [0.4, 0.5) is 0 Å². The van der Waals surface area contributed by atoms with Gasteiger partial charge in [-0.25, -0.2) is 0 Å². The SMILES string of the molecule is C1CN[C@H](c2nc(C3CSCCS3)no2)C1. The fourth-order valence-electron chi connectivity index (χ4n) is 2.05. The summed E-state index contributed by atoms with van der Waals surface area (Å²) in [6.45, 7) is 1.07. The number of thioether (sulfide) groups is 2. The van der Waals surface area contributed by atoms with E-state index in [0.29, 0.717) is 11.3 Å². The van der Waals surface area contributed by atoms with Crippen molar-refractivity contribution >= 4 is 23.5 Å². The number of aromatic nitrogens is 2. The Balaban J connectivity index is 1.71. The lowest BCUT2D eigenvalue weighted by atomic mass is 10.2. The third-order valence-corrected chi connectivity index (χ3v) is 5.67. The van der Waals surface area contributed by atoms with Gasteiger partial charge in [0.2, 0.25) is 5.89 Å². The number of nitrogens with zero attached hydrogens (tertiary/aromatic N) is 2. The quantitative estimate of drug-likeness (QED) is 0.874. The Morgan fingerprint density at radius 3 is 3.12 bits per heavy atom. The second-order valence-corrected chi connectivity index (χ2v) is 6.53. The Morgan fingerprint density at radius 1 is 1.38 bits per heavy atom. The van der Waals surface area contributed by atoms with Gasteiger partial charge >= 0.3 is 0 Å². The van der Waals surface area contributed by atoms with E-state index in [0.717, 1.165) is 30.4 Å². The molecule has 6 heteroatoms. The molecule has 0 aromatic carbocycles. The first-order valence-corrected chi connectivity index (χ1v) is 7.90. The lowest BCUT2D eigenvalue weighted by Crippen LogP contribution is -2.13. The van der Waals surface area contributed by atoms with Crippen LogP contribution in [0.3, 0.4) is 0 Å². The van der Waals surface area contributed by atoms with E-state index in [-0.39, 0.29) is 0 Å². The van der Waals surface area contributed by atoms with Crippen LogP contribution in [0.1, 0.15) is 35.8 Å². The number of rotatable bonds is 2. The summed E-state index contributed by atoms with van der Waals surface area (Å²) in [5.41, 5.74) is 0.